The molecule has 0 radical (unpaired) electrons. The van der Waals surface area contributed by atoms with Crippen molar-refractivity contribution < 1.29 is 9.90 Å². The second kappa shape index (κ2) is 4.09. The average Bonchev–Trinajstić information content (AvgIpc) is 2.45. The third-order valence-corrected chi connectivity index (χ3v) is 2.61. The molecule has 0 aliphatic carbocycles. The maximum absolute atomic E-state index is 11.7. The van der Waals surface area contributed by atoms with Gasteiger partial charge in [0.2, 0.25) is 5.91 Å². The lowest BCUT2D eigenvalue weighted by atomic mass is 10.1. The van der Waals surface area contributed by atoms with Crippen molar-refractivity contribution in [1.82, 2.24) is 4.90 Å². The molecule has 0 aromatic carbocycles. The molecule has 1 aliphatic rings. The second-order valence-electron chi connectivity index (χ2n) is 4.32. The zero-order chi connectivity index (χ0) is 10.0. The van der Waals surface area contributed by atoms with E-state index in [1.807, 2.05) is 18.7 Å². The van der Waals surface area contributed by atoms with E-state index in [9.17, 15) is 4.79 Å². The van der Waals surface area contributed by atoms with Gasteiger partial charge in [0, 0.05) is 12.5 Å². The lowest BCUT2D eigenvalue weighted by Crippen LogP contribution is -2.40. The van der Waals surface area contributed by atoms with Crippen LogP contribution in [-0.2, 0) is 4.79 Å². The van der Waals surface area contributed by atoms with Gasteiger partial charge in [0.1, 0.15) is 0 Å². The lowest BCUT2D eigenvalue weighted by molar-refractivity contribution is -0.136. The first-order valence-corrected chi connectivity index (χ1v) is 4.97. The van der Waals surface area contributed by atoms with Gasteiger partial charge in [-0.15, -0.1) is 0 Å². The van der Waals surface area contributed by atoms with E-state index in [4.69, 9.17) is 5.11 Å². The molecule has 0 unspecified atom stereocenters. The molecule has 1 rings (SSSR count). The monoisotopic (exact) mass is 185 g/mol. The number of aliphatic hydroxyl groups is 1. The van der Waals surface area contributed by atoms with Crippen molar-refractivity contribution in [1.29, 1.82) is 0 Å². The summed E-state index contributed by atoms with van der Waals surface area (Å²) in [5.74, 6) is 0.739. The Morgan fingerprint density at radius 3 is 2.69 bits per heavy atom. The molecule has 3 nitrogen and oxygen atoms in total. The molecule has 13 heavy (non-hydrogen) atoms. The molecule has 0 saturated carbocycles. The van der Waals surface area contributed by atoms with Crippen LogP contribution in [0.4, 0.5) is 0 Å². The topological polar surface area (TPSA) is 40.5 Å². The summed E-state index contributed by atoms with van der Waals surface area (Å²) in [4.78, 5) is 13.5. The van der Waals surface area contributed by atoms with Gasteiger partial charge in [-0.25, -0.2) is 0 Å². The summed E-state index contributed by atoms with van der Waals surface area (Å²) in [6.45, 7) is 6.83. The molecule has 1 heterocycles. The van der Waals surface area contributed by atoms with Crippen LogP contribution >= 0.6 is 0 Å². The van der Waals surface area contributed by atoms with Gasteiger partial charge < -0.3 is 10.0 Å². The summed E-state index contributed by atoms with van der Waals surface area (Å²) >= 11 is 0. The molecule has 1 amide bonds. The molecule has 1 saturated heterocycles. The summed E-state index contributed by atoms with van der Waals surface area (Å²) in [5.41, 5.74) is 0. The van der Waals surface area contributed by atoms with Crippen LogP contribution in [-0.4, -0.2) is 35.1 Å². The third kappa shape index (κ3) is 2.21. The zero-order valence-electron chi connectivity index (χ0n) is 8.66. The first-order chi connectivity index (χ1) is 6.06. The van der Waals surface area contributed by atoms with Gasteiger partial charge in [0.25, 0.3) is 0 Å². The number of hydrogen-bond donors (Lipinski definition) is 1. The molecular weight excluding hydrogens is 166 g/mol. The van der Waals surface area contributed by atoms with Gasteiger partial charge in [0.05, 0.1) is 12.6 Å². The van der Waals surface area contributed by atoms with Crippen LogP contribution in [0.2, 0.25) is 0 Å². The number of rotatable bonds is 2. The molecule has 76 valence electrons. The van der Waals surface area contributed by atoms with Crippen molar-refractivity contribution in [3.8, 4) is 0 Å². The van der Waals surface area contributed by atoms with Crippen LogP contribution in [0.3, 0.4) is 0 Å². The number of carbonyl (C=O) groups is 1. The number of hydrogen-bond acceptors (Lipinski definition) is 2. The summed E-state index contributed by atoms with van der Waals surface area (Å²) in [6, 6.07) is 0.0601. The zero-order valence-corrected chi connectivity index (χ0v) is 8.66. The van der Waals surface area contributed by atoms with E-state index < -0.39 is 0 Å². The van der Waals surface area contributed by atoms with Crippen LogP contribution in [0, 0.1) is 11.8 Å². The van der Waals surface area contributed by atoms with Crippen LogP contribution in [0.25, 0.3) is 0 Å². The highest BCUT2D eigenvalue weighted by molar-refractivity contribution is 5.78. The Bertz CT molecular complexity index is 191. The van der Waals surface area contributed by atoms with Crippen molar-refractivity contribution in [3.63, 3.8) is 0 Å². The third-order valence-electron chi connectivity index (χ3n) is 2.61. The SMILES string of the molecule is CC(C)C(=O)N1C[C@@H](C)C[C@H]1CO. The molecule has 3 heteroatoms. The predicted molar refractivity (Wildman–Crippen MR) is 51.2 cm³/mol. The van der Waals surface area contributed by atoms with Gasteiger partial charge in [-0.3, -0.25) is 4.79 Å². The van der Waals surface area contributed by atoms with Crippen LogP contribution < -0.4 is 0 Å². The molecule has 1 fully saturated rings. The smallest absolute Gasteiger partial charge is 0.225 e. The quantitative estimate of drug-likeness (QED) is 0.693. The molecule has 0 bridgehead atoms. The number of likely N-dealkylation sites (tertiary alicyclic amines) is 1. The van der Waals surface area contributed by atoms with E-state index in [-0.39, 0.29) is 24.5 Å². The lowest BCUT2D eigenvalue weighted by Gasteiger charge is -2.24. The number of aliphatic hydroxyl groups excluding tert-OH is 1. The Hall–Kier alpha value is -0.570. The Labute approximate surface area is 79.7 Å². The van der Waals surface area contributed by atoms with Gasteiger partial charge in [-0.2, -0.15) is 0 Å². The van der Waals surface area contributed by atoms with Crippen molar-refractivity contribution >= 4 is 5.91 Å². The Kier molecular flexibility index (Phi) is 3.31. The molecule has 2 atom stereocenters. The van der Waals surface area contributed by atoms with Crippen LogP contribution in [0.15, 0.2) is 0 Å². The standard InChI is InChI=1S/C10H19NO2/c1-7(2)10(13)11-5-8(3)4-9(11)6-12/h7-9,12H,4-6H2,1-3H3/t8-,9-/m0/s1. The number of carbonyl (C=O) groups excluding carboxylic acids is 1. The van der Waals surface area contributed by atoms with Crippen molar-refractivity contribution in [3.05, 3.63) is 0 Å². The van der Waals surface area contributed by atoms with E-state index >= 15 is 0 Å². The fourth-order valence-electron chi connectivity index (χ4n) is 1.93. The second-order valence-corrected chi connectivity index (χ2v) is 4.32. The minimum atomic E-state index is 0.0411. The summed E-state index contributed by atoms with van der Waals surface area (Å²) in [7, 11) is 0. The molecule has 1 aliphatic heterocycles. The van der Waals surface area contributed by atoms with Gasteiger partial charge in [-0.1, -0.05) is 20.8 Å². The molecular formula is C10H19NO2. The van der Waals surface area contributed by atoms with E-state index in [1.165, 1.54) is 0 Å². The Morgan fingerprint density at radius 1 is 1.62 bits per heavy atom. The minimum absolute atomic E-state index is 0.0411. The minimum Gasteiger partial charge on any atom is -0.394 e. The Morgan fingerprint density at radius 2 is 2.23 bits per heavy atom. The first-order valence-electron chi connectivity index (χ1n) is 4.97. The van der Waals surface area contributed by atoms with Crippen molar-refractivity contribution in [2.45, 2.75) is 33.2 Å². The van der Waals surface area contributed by atoms with E-state index in [0.717, 1.165) is 13.0 Å². The highest BCUT2D eigenvalue weighted by atomic mass is 16.3. The first kappa shape index (κ1) is 10.5. The van der Waals surface area contributed by atoms with Gasteiger partial charge >= 0.3 is 0 Å². The van der Waals surface area contributed by atoms with E-state index in [2.05, 4.69) is 6.92 Å². The normalized spacial score (nSPS) is 28.5. The average molecular weight is 185 g/mol. The number of nitrogens with zero attached hydrogens (tertiary/aromatic N) is 1. The molecule has 0 aromatic rings. The molecule has 0 aromatic heterocycles. The van der Waals surface area contributed by atoms with Crippen LogP contribution in [0.1, 0.15) is 27.2 Å². The summed E-state index contributed by atoms with van der Waals surface area (Å²) in [6.07, 6.45) is 0.939. The fraction of sp³-hybridized carbons (Fsp3) is 0.900. The predicted octanol–water partition coefficient (Wildman–Crippen LogP) is 0.872. The number of amides is 1. The van der Waals surface area contributed by atoms with E-state index in [1.54, 1.807) is 0 Å². The molecule has 0 spiro atoms. The van der Waals surface area contributed by atoms with Crippen molar-refractivity contribution in [2.24, 2.45) is 11.8 Å². The fourth-order valence-corrected chi connectivity index (χ4v) is 1.93. The van der Waals surface area contributed by atoms with Gasteiger partial charge in [-0.05, 0) is 12.3 Å². The summed E-state index contributed by atoms with van der Waals surface area (Å²) in [5, 5.41) is 9.09. The largest absolute Gasteiger partial charge is 0.394 e. The highest BCUT2D eigenvalue weighted by Crippen LogP contribution is 2.23. The van der Waals surface area contributed by atoms with Crippen molar-refractivity contribution in [2.75, 3.05) is 13.2 Å². The maximum atomic E-state index is 11.7. The maximum Gasteiger partial charge on any atom is 0.225 e. The van der Waals surface area contributed by atoms with Gasteiger partial charge in [0.15, 0.2) is 0 Å². The molecule has 1 N–H and O–H groups in total. The van der Waals surface area contributed by atoms with E-state index in [0.29, 0.717) is 5.92 Å². The summed E-state index contributed by atoms with van der Waals surface area (Å²) < 4.78 is 0. The highest BCUT2D eigenvalue weighted by Gasteiger charge is 2.33. The Balaban J connectivity index is 2.62. The van der Waals surface area contributed by atoms with Crippen LogP contribution in [0.5, 0.6) is 0 Å².